The zero-order valence-corrected chi connectivity index (χ0v) is 17.7. The van der Waals surface area contributed by atoms with Crippen molar-refractivity contribution >= 4 is 38.6 Å². The Morgan fingerprint density at radius 2 is 1.97 bits per heavy atom. The molecule has 0 aliphatic carbocycles. The molecular weight excluding hydrogens is 412 g/mol. The van der Waals surface area contributed by atoms with Crippen LogP contribution < -0.4 is 10.5 Å². The van der Waals surface area contributed by atoms with Crippen LogP contribution in [0.2, 0.25) is 0 Å². The quantitative estimate of drug-likeness (QED) is 0.509. The van der Waals surface area contributed by atoms with Crippen LogP contribution in [-0.4, -0.2) is 46.0 Å². The van der Waals surface area contributed by atoms with Crippen molar-refractivity contribution in [1.82, 2.24) is 14.8 Å². The molecule has 2 atom stereocenters. The molecule has 2 aromatic carbocycles. The summed E-state index contributed by atoms with van der Waals surface area (Å²) in [6, 6.07) is 16.3. The van der Waals surface area contributed by atoms with Gasteiger partial charge in [-0.25, -0.2) is 9.78 Å². The average Bonchev–Trinajstić information content (AvgIpc) is 3.40. The number of thiazole rings is 1. The second kappa shape index (κ2) is 7.25. The van der Waals surface area contributed by atoms with E-state index in [9.17, 15) is 4.79 Å². The van der Waals surface area contributed by atoms with E-state index in [0.29, 0.717) is 30.4 Å². The molecule has 2 aromatic heterocycles. The van der Waals surface area contributed by atoms with E-state index in [0.717, 1.165) is 52.1 Å². The van der Waals surface area contributed by atoms with Crippen molar-refractivity contribution in [3.05, 3.63) is 54.3 Å². The van der Waals surface area contributed by atoms with Gasteiger partial charge in [-0.2, -0.15) is 0 Å². The molecule has 158 valence electrons. The van der Waals surface area contributed by atoms with Crippen molar-refractivity contribution in [2.75, 3.05) is 13.1 Å². The third-order valence-corrected chi connectivity index (χ3v) is 7.22. The average molecular weight is 435 g/mol. The number of amides is 2. The maximum Gasteiger partial charge on any atom is 0.314 e. The zero-order valence-electron chi connectivity index (χ0n) is 16.9. The molecule has 8 heteroatoms. The van der Waals surface area contributed by atoms with Crippen LogP contribution in [0.5, 0.6) is 10.9 Å². The van der Waals surface area contributed by atoms with Gasteiger partial charge in [-0.1, -0.05) is 23.5 Å². The lowest BCUT2D eigenvalue weighted by molar-refractivity contribution is 0.0747. The summed E-state index contributed by atoms with van der Waals surface area (Å²) in [6.07, 6.45) is 2.18. The summed E-state index contributed by atoms with van der Waals surface area (Å²) in [7, 11) is 0. The van der Waals surface area contributed by atoms with Crippen molar-refractivity contribution in [2.24, 2.45) is 5.73 Å². The zero-order chi connectivity index (χ0) is 20.9. The molecule has 0 unspecified atom stereocenters. The Bertz CT molecular complexity index is 1240. The third-order valence-electron chi connectivity index (χ3n) is 6.30. The molecule has 0 radical (unpaired) electrons. The second-order valence-corrected chi connectivity index (χ2v) is 9.26. The van der Waals surface area contributed by atoms with E-state index in [-0.39, 0.29) is 6.03 Å². The fourth-order valence-electron chi connectivity index (χ4n) is 4.82. The number of hydrogen-bond donors (Lipinski definition) is 1. The fraction of sp³-hybridized carbons (Fsp3) is 0.304. The van der Waals surface area contributed by atoms with Crippen LogP contribution in [0.15, 0.2) is 52.9 Å². The maximum atomic E-state index is 11.6. The summed E-state index contributed by atoms with van der Waals surface area (Å²) in [4.78, 5) is 20.3. The highest BCUT2D eigenvalue weighted by Crippen LogP contribution is 2.35. The summed E-state index contributed by atoms with van der Waals surface area (Å²) in [5.74, 6) is 1.67. The number of primary amides is 1. The molecule has 2 fully saturated rings. The Labute approximate surface area is 183 Å². The van der Waals surface area contributed by atoms with E-state index in [1.807, 2.05) is 42.5 Å². The van der Waals surface area contributed by atoms with E-state index < -0.39 is 0 Å². The summed E-state index contributed by atoms with van der Waals surface area (Å²) in [5, 5.41) is 1.64. The SMILES string of the molecule is NC(=O)N1C[C@H]2CC[C@@H](C1)N2Cc1cc2cc(Oc3nc4ccccc4s3)ccc2o1. The minimum atomic E-state index is -0.319. The normalized spacial score (nSPS) is 21.2. The van der Waals surface area contributed by atoms with E-state index in [2.05, 4.69) is 16.0 Å². The van der Waals surface area contributed by atoms with Crippen LogP contribution in [0.3, 0.4) is 0 Å². The molecule has 2 N–H and O–H groups in total. The summed E-state index contributed by atoms with van der Waals surface area (Å²) in [5.41, 5.74) is 7.28. The lowest BCUT2D eigenvalue weighted by Gasteiger charge is -2.39. The highest BCUT2D eigenvalue weighted by atomic mass is 32.1. The smallest absolute Gasteiger partial charge is 0.314 e. The van der Waals surface area contributed by atoms with Gasteiger partial charge < -0.3 is 19.8 Å². The Balaban J connectivity index is 1.20. The van der Waals surface area contributed by atoms with Crippen molar-refractivity contribution in [3.63, 3.8) is 0 Å². The highest BCUT2D eigenvalue weighted by Gasteiger charge is 2.41. The number of aromatic nitrogens is 1. The van der Waals surface area contributed by atoms with Gasteiger partial charge in [-0.3, -0.25) is 4.90 Å². The number of rotatable bonds is 4. The lowest BCUT2D eigenvalue weighted by atomic mass is 10.2. The molecule has 4 heterocycles. The van der Waals surface area contributed by atoms with Crippen molar-refractivity contribution in [3.8, 4) is 10.9 Å². The number of hydrogen-bond acceptors (Lipinski definition) is 6. The van der Waals surface area contributed by atoms with Crippen LogP contribution >= 0.6 is 11.3 Å². The van der Waals surface area contributed by atoms with Crippen molar-refractivity contribution in [1.29, 1.82) is 0 Å². The van der Waals surface area contributed by atoms with E-state index in [1.54, 1.807) is 4.90 Å². The standard InChI is InChI=1S/C23H22N4O3S/c24-22(28)26-11-15-5-6-16(12-26)27(15)13-18-10-14-9-17(7-8-20(14)29-18)30-23-25-19-3-1-2-4-21(19)31-23/h1-4,7-10,15-16H,5-6,11-13H2,(H2,24,28)/t15-,16+. The Morgan fingerprint density at radius 3 is 2.74 bits per heavy atom. The third kappa shape index (κ3) is 3.41. The molecule has 7 nitrogen and oxygen atoms in total. The minimum Gasteiger partial charge on any atom is -0.460 e. The predicted octanol–water partition coefficient (Wildman–Crippen LogP) is 4.56. The van der Waals surface area contributed by atoms with Gasteiger partial charge in [0.2, 0.25) is 0 Å². The van der Waals surface area contributed by atoms with Gasteiger partial charge in [0.15, 0.2) is 0 Å². The Morgan fingerprint density at radius 1 is 1.16 bits per heavy atom. The molecule has 2 saturated heterocycles. The van der Waals surface area contributed by atoms with Crippen LogP contribution in [0.25, 0.3) is 21.2 Å². The first-order valence-corrected chi connectivity index (χ1v) is 11.3. The van der Waals surface area contributed by atoms with Crippen LogP contribution in [0.1, 0.15) is 18.6 Å². The van der Waals surface area contributed by atoms with Crippen LogP contribution in [0, 0.1) is 0 Å². The number of likely N-dealkylation sites (tertiary alicyclic amines) is 1. The predicted molar refractivity (Wildman–Crippen MR) is 119 cm³/mol. The molecule has 2 bridgehead atoms. The van der Waals surface area contributed by atoms with Gasteiger partial charge in [0.25, 0.3) is 5.19 Å². The maximum absolute atomic E-state index is 11.6. The highest BCUT2D eigenvalue weighted by molar-refractivity contribution is 7.20. The number of nitrogens with two attached hydrogens (primary N) is 1. The Hall–Kier alpha value is -3.10. The summed E-state index contributed by atoms with van der Waals surface area (Å²) >= 11 is 1.54. The minimum absolute atomic E-state index is 0.319. The molecule has 2 amide bonds. The first kappa shape index (κ1) is 18.7. The van der Waals surface area contributed by atoms with Crippen LogP contribution in [0.4, 0.5) is 4.79 Å². The van der Waals surface area contributed by atoms with Gasteiger partial charge >= 0.3 is 6.03 Å². The van der Waals surface area contributed by atoms with E-state index in [1.165, 1.54) is 11.3 Å². The molecule has 0 saturated carbocycles. The number of piperazine rings is 1. The number of carbonyl (C=O) groups is 1. The molecule has 4 aromatic rings. The fourth-order valence-corrected chi connectivity index (χ4v) is 5.66. The lowest BCUT2D eigenvalue weighted by Crippen LogP contribution is -2.56. The number of ether oxygens (including phenoxy) is 1. The monoisotopic (exact) mass is 434 g/mol. The largest absolute Gasteiger partial charge is 0.460 e. The van der Waals surface area contributed by atoms with E-state index >= 15 is 0 Å². The molecule has 2 aliphatic rings. The van der Waals surface area contributed by atoms with Gasteiger partial charge in [0.05, 0.1) is 16.8 Å². The number of fused-ring (bicyclic) bond motifs is 4. The van der Waals surface area contributed by atoms with Gasteiger partial charge in [-0.15, -0.1) is 0 Å². The van der Waals surface area contributed by atoms with Crippen LogP contribution in [-0.2, 0) is 6.54 Å². The molecule has 31 heavy (non-hydrogen) atoms. The van der Waals surface area contributed by atoms with Gasteiger partial charge in [0, 0.05) is 30.6 Å². The molecule has 6 rings (SSSR count). The van der Waals surface area contributed by atoms with Crippen molar-refractivity contribution < 1.29 is 13.9 Å². The second-order valence-electron chi connectivity index (χ2n) is 8.26. The van der Waals surface area contributed by atoms with Gasteiger partial charge in [-0.05, 0) is 49.2 Å². The molecule has 2 aliphatic heterocycles. The number of para-hydroxylation sites is 1. The number of nitrogens with zero attached hydrogens (tertiary/aromatic N) is 3. The number of furan rings is 1. The van der Waals surface area contributed by atoms with Gasteiger partial charge in [0.1, 0.15) is 17.1 Å². The number of benzene rings is 2. The first-order chi connectivity index (χ1) is 15.1. The number of carbonyl (C=O) groups excluding carboxylic acids is 1. The summed E-state index contributed by atoms with van der Waals surface area (Å²) < 4.78 is 13.2. The molecule has 0 spiro atoms. The Kier molecular flexibility index (Phi) is 4.36. The van der Waals surface area contributed by atoms with Crippen molar-refractivity contribution in [2.45, 2.75) is 31.5 Å². The van der Waals surface area contributed by atoms with E-state index in [4.69, 9.17) is 14.9 Å². The topological polar surface area (TPSA) is 84.8 Å². The number of urea groups is 1. The first-order valence-electron chi connectivity index (χ1n) is 10.5. The molecular formula is C23H22N4O3S. The summed E-state index contributed by atoms with van der Waals surface area (Å²) in [6.45, 7) is 2.14.